The highest BCUT2D eigenvalue weighted by Crippen LogP contribution is 2.23. The number of hydrogen-bond donors (Lipinski definition) is 2. The van der Waals surface area contributed by atoms with Gasteiger partial charge < -0.3 is 15.6 Å². The molecular formula is C17H21NO2. The zero-order chi connectivity index (χ0) is 14.4. The molecule has 2 rings (SSSR count). The smallest absolute Gasteiger partial charge is 0.0805 e. The Kier molecular flexibility index (Phi) is 5.30. The van der Waals surface area contributed by atoms with Crippen molar-refractivity contribution >= 4 is 0 Å². The van der Waals surface area contributed by atoms with Gasteiger partial charge in [0.25, 0.3) is 0 Å². The maximum atomic E-state index is 10.1. The van der Waals surface area contributed by atoms with Crippen LogP contribution in [0.4, 0.5) is 0 Å². The van der Waals surface area contributed by atoms with Gasteiger partial charge in [-0.3, -0.25) is 0 Å². The molecular weight excluding hydrogens is 250 g/mol. The molecule has 0 spiro atoms. The van der Waals surface area contributed by atoms with Gasteiger partial charge in [0.2, 0.25) is 0 Å². The highest BCUT2D eigenvalue weighted by atomic mass is 16.5. The fourth-order valence-electron chi connectivity index (χ4n) is 2.23. The summed E-state index contributed by atoms with van der Waals surface area (Å²) in [4.78, 5) is 0. The minimum Gasteiger partial charge on any atom is -0.388 e. The Bertz CT molecular complexity index is 510. The fraction of sp³-hybridized carbons (Fsp3) is 0.294. The van der Waals surface area contributed by atoms with Crippen molar-refractivity contribution in [1.82, 2.24) is 0 Å². The van der Waals surface area contributed by atoms with E-state index in [2.05, 4.69) is 12.1 Å². The molecule has 2 unspecified atom stereocenters. The number of nitrogens with two attached hydrogens (primary N) is 1. The molecule has 0 aliphatic rings. The molecule has 2 atom stereocenters. The molecule has 0 bridgehead atoms. The van der Waals surface area contributed by atoms with Crippen molar-refractivity contribution in [1.29, 1.82) is 0 Å². The van der Waals surface area contributed by atoms with Crippen LogP contribution in [0.2, 0.25) is 0 Å². The Balaban J connectivity index is 2.04. The van der Waals surface area contributed by atoms with Crippen molar-refractivity contribution in [2.75, 3.05) is 13.7 Å². The largest absolute Gasteiger partial charge is 0.388 e. The highest BCUT2D eigenvalue weighted by molar-refractivity contribution is 5.63. The maximum absolute atomic E-state index is 10.1. The molecule has 0 amide bonds. The fourth-order valence-corrected chi connectivity index (χ4v) is 2.23. The second kappa shape index (κ2) is 7.20. The van der Waals surface area contributed by atoms with Crippen LogP contribution in [0.25, 0.3) is 11.1 Å². The Labute approximate surface area is 120 Å². The van der Waals surface area contributed by atoms with Crippen molar-refractivity contribution in [3.63, 3.8) is 0 Å². The van der Waals surface area contributed by atoms with E-state index < -0.39 is 6.10 Å². The summed E-state index contributed by atoms with van der Waals surface area (Å²) in [7, 11) is 1.61. The van der Waals surface area contributed by atoms with Gasteiger partial charge in [0.05, 0.1) is 12.7 Å². The maximum Gasteiger partial charge on any atom is 0.0805 e. The van der Waals surface area contributed by atoms with Crippen LogP contribution >= 0.6 is 0 Å². The summed E-state index contributed by atoms with van der Waals surface area (Å²) in [5.41, 5.74) is 9.06. The van der Waals surface area contributed by atoms with Crippen molar-refractivity contribution in [2.45, 2.75) is 18.6 Å². The zero-order valence-corrected chi connectivity index (χ0v) is 11.7. The number of ether oxygens (including phenoxy) is 1. The van der Waals surface area contributed by atoms with Gasteiger partial charge in [0, 0.05) is 13.2 Å². The number of rotatable bonds is 6. The predicted molar refractivity (Wildman–Crippen MR) is 81.3 cm³/mol. The van der Waals surface area contributed by atoms with E-state index >= 15 is 0 Å². The van der Waals surface area contributed by atoms with E-state index in [0.717, 1.165) is 11.1 Å². The average Bonchev–Trinajstić information content (AvgIpc) is 2.48. The van der Waals surface area contributed by atoms with Crippen molar-refractivity contribution in [3.8, 4) is 11.1 Å². The van der Waals surface area contributed by atoms with E-state index in [1.807, 2.05) is 42.5 Å². The molecule has 20 heavy (non-hydrogen) atoms. The van der Waals surface area contributed by atoms with Crippen LogP contribution < -0.4 is 5.73 Å². The summed E-state index contributed by atoms with van der Waals surface area (Å²) in [6.45, 7) is 0.457. The van der Waals surface area contributed by atoms with Crippen molar-refractivity contribution in [3.05, 3.63) is 60.2 Å². The molecule has 0 aliphatic carbocycles. The molecule has 0 saturated carbocycles. The predicted octanol–water partition coefficient (Wildman–Crippen LogP) is 2.75. The summed E-state index contributed by atoms with van der Waals surface area (Å²) >= 11 is 0. The van der Waals surface area contributed by atoms with Gasteiger partial charge in [0.15, 0.2) is 0 Å². The lowest BCUT2D eigenvalue weighted by molar-refractivity contribution is 0.122. The first kappa shape index (κ1) is 14.7. The third kappa shape index (κ3) is 3.90. The third-order valence-corrected chi connectivity index (χ3v) is 3.31. The molecule has 2 aromatic carbocycles. The molecule has 0 heterocycles. The minimum atomic E-state index is -0.551. The van der Waals surface area contributed by atoms with Gasteiger partial charge in [-0.2, -0.15) is 0 Å². The highest BCUT2D eigenvalue weighted by Gasteiger charge is 2.12. The molecule has 3 N–H and O–H groups in total. The molecule has 106 valence electrons. The standard InChI is InChI=1S/C17H21NO2/c1-20-12-16(18)11-17(19)15-9-7-14(8-10-15)13-5-3-2-4-6-13/h2-10,16-17,19H,11-12,18H2,1H3. The number of methoxy groups -OCH3 is 1. The molecule has 0 aromatic heterocycles. The third-order valence-electron chi connectivity index (χ3n) is 3.31. The quantitative estimate of drug-likeness (QED) is 0.849. The monoisotopic (exact) mass is 271 g/mol. The Morgan fingerprint density at radius 1 is 1.00 bits per heavy atom. The number of hydrogen-bond acceptors (Lipinski definition) is 3. The van der Waals surface area contributed by atoms with E-state index in [-0.39, 0.29) is 6.04 Å². The topological polar surface area (TPSA) is 55.5 Å². The summed E-state index contributed by atoms with van der Waals surface area (Å²) in [6.07, 6.45) is -0.0524. The van der Waals surface area contributed by atoms with Crippen LogP contribution in [-0.2, 0) is 4.74 Å². The molecule has 0 radical (unpaired) electrons. The SMILES string of the molecule is COCC(N)CC(O)c1ccc(-c2ccccc2)cc1. The lowest BCUT2D eigenvalue weighted by Crippen LogP contribution is -2.27. The number of aliphatic hydroxyl groups is 1. The lowest BCUT2D eigenvalue weighted by atomic mass is 9.99. The van der Waals surface area contributed by atoms with Gasteiger partial charge in [-0.25, -0.2) is 0 Å². The molecule has 0 saturated heterocycles. The van der Waals surface area contributed by atoms with Crippen LogP contribution in [0.15, 0.2) is 54.6 Å². The van der Waals surface area contributed by atoms with E-state index in [1.165, 1.54) is 5.56 Å². The van der Waals surface area contributed by atoms with Crippen LogP contribution in [0.5, 0.6) is 0 Å². The Morgan fingerprint density at radius 3 is 2.20 bits per heavy atom. The lowest BCUT2D eigenvalue weighted by Gasteiger charge is -2.16. The van der Waals surface area contributed by atoms with Crippen LogP contribution in [0.1, 0.15) is 18.1 Å². The summed E-state index contributed by atoms with van der Waals surface area (Å²) in [6, 6.07) is 18.0. The van der Waals surface area contributed by atoms with Gasteiger partial charge >= 0.3 is 0 Å². The Morgan fingerprint density at radius 2 is 1.60 bits per heavy atom. The second-order valence-electron chi connectivity index (χ2n) is 4.95. The van der Waals surface area contributed by atoms with E-state index in [0.29, 0.717) is 13.0 Å². The molecule has 3 heteroatoms. The van der Waals surface area contributed by atoms with Crippen LogP contribution in [-0.4, -0.2) is 24.9 Å². The molecule has 3 nitrogen and oxygen atoms in total. The average molecular weight is 271 g/mol. The van der Waals surface area contributed by atoms with Crippen LogP contribution in [0.3, 0.4) is 0 Å². The number of aliphatic hydroxyl groups excluding tert-OH is 1. The van der Waals surface area contributed by atoms with Crippen molar-refractivity contribution < 1.29 is 9.84 Å². The second-order valence-corrected chi connectivity index (χ2v) is 4.95. The summed E-state index contributed by atoms with van der Waals surface area (Å²) in [5.74, 6) is 0. The zero-order valence-electron chi connectivity index (χ0n) is 11.7. The summed E-state index contributed by atoms with van der Waals surface area (Å²) < 4.78 is 4.98. The van der Waals surface area contributed by atoms with Crippen LogP contribution in [0, 0.1) is 0 Å². The van der Waals surface area contributed by atoms with E-state index in [9.17, 15) is 5.11 Å². The molecule has 2 aromatic rings. The van der Waals surface area contributed by atoms with Gasteiger partial charge in [-0.05, 0) is 23.1 Å². The normalized spacial score (nSPS) is 13.9. The summed E-state index contributed by atoms with van der Waals surface area (Å²) in [5, 5.41) is 10.1. The van der Waals surface area contributed by atoms with E-state index in [4.69, 9.17) is 10.5 Å². The Hall–Kier alpha value is -1.68. The minimum absolute atomic E-state index is 0.149. The van der Waals surface area contributed by atoms with Gasteiger partial charge in [-0.1, -0.05) is 54.6 Å². The molecule has 0 fully saturated rings. The van der Waals surface area contributed by atoms with Crippen molar-refractivity contribution in [2.24, 2.45) is 5.73 Å². The number of benzene rings is 2. The first-order chi connectivity index (χ1) is 9.70. The van der Waals surface area contributed by atoms with Gasteiger partial charge in [0.1, 0.15) is 0 Å². The first-order valence-electron chi connectivity index (χ1n) is 6.78. The van der Waals surface area contributed by atoms with Gasteiger partial charge in [-0.15, -0.1) is 0 Å². The molecule has 0 aliphatic heterocycles. The first-order valence-corrected chi connectivity index (χ1v) is 6.78. The van der Waals surface area contributed by atoms with E-state index in [1.54, 1.807) is 7.11 Å².